The molecule has 0 heterocycles. The number of carbonyl (C=O) groups is 1. The fourth-order valence-electron chi connectivity index (χ4n) is 3.26. The van der Waals surface area contributed by atoms with Crippen LogP contribution in [0.1, 0.15) is 18.1 Å². The van der Waals surface area contributed by atoms with Gasteiger partial charge >= 0.3 is 0 Å². The molecule has 180 valence electrons. The fraction of sp³-hybridized carbons (Fsp3) is 0.269. The predicted octanol–water partition coefficient (Wildman–Crippen LogP) is 4.81. The first kappa shape index (κ1) is 25.6. The molecule has 6 nitrogen and oxygen atoms in total. The van der Waals surface area contributed by atoms with Gasteiger partial charge in [0.25, 0.3) is 10.0 Å². The van der Waals surface area contributed by atoms with Crippen molar-refractivity contribution in [3.05, 3.63) is 83.9 Å². The third-order valence-corrected chi connectivity index (χ3v) is 7.83. The number of aryl methyl sites for hydroxylation is 2. The van der Waals surface area contributed by atoms with Gasteiger partial charge in [-0.15, -0.1) is 11.8 Å². The van der Waals surface area contributed by atoms with Crippen molar-refractivity contribution in [1.82, 2.24) is 5.32 Å². The number of sulfonamides is 1. The second-order valence-electron chi connectivity index (χ2n) is 7.74. The Morgan fingerprint density at radius 3 is 2.21 bits per heavy atom. The molecular weight excluding hydrogens is 468 g/mol. The summed E-state index contributed by atoms with van der Waals surface area (Å²) in [5, 5.41) is 2.84. The molecule has 1 N–H and O–H groups in total. The molecule has 3 aromatic rings. The van der Waals surface area contributed by atoms with Gasteiger partial charge in [0.05, 0.1) is 17.2 Å². The number of benzene rings is 3. The lowest BCUT2D eigenvalue weighted by Crippen LogP contribution is -2.41. The summed E-state index contributed by atoms with van der Waals surface area (Å²) in [4.78, 5) is 14.1. The molecule has 0 fully saturated rings. The number of hydrogen-bond donors (Lipinski definition) is 1. The standard InChI is InChI=1S/C26H30N2O4S2/c1-4-32-25-8-6-5-7-24(25)28(34(30,31)23-15-11-21(3)12-16-23)19-26(29)27-17-18-33-22-13-9-20(2)10-14-22/h5-16H,4,17-19H2,1-3H3,(H,27,29). The normalized spacial score (nSPS) is 11.1. The third-order valence-electron chi connectivity index (χ3n) is 5.04. The van der Waals surface area contributed by atoms with E-state index in [2.05, 4.69) is 5.32 Å². The highest BCUT2D eigenvalue weighted by molar-refractivity contribution is 7.99. The maximum Gasteiger partial charge on any atom is 0.264 e. The lowest BCUT2D eigenvalue weighted by molar-refractivity contribution is -0.119. The number of ether oxygens (including phenoxy) is 1. The summed E-state index contributed by atoms with van der Waals surface area (Å²) >= 11 is 1.63. The topological polar surface area (TPSA) is 75.7 Å². The molecular formula is C26H30N2O4S2. The number of nitrogens with one attached hydrogen (secondary N) is 1. The lowest BCUT2D eigenvalue weighted by Gasteiger charge is -2.26. The third kappa shape index (κ3) is 6.77. The van der Waals surface area contributed by atoms with Crippen LogP contribution in [0.5, 0.6) is 5.75 Å². The van der Waals surface area contributed by atoms with Crippen LogP contribution in [0.2, 0.25) is 0 Å². The SMILES string of the molecule is CCOc1ccccc1N(CC(=O)NCCSc1ccc(C)cc1)S(=O)(=O)c1ccc(C)cc1. The number of rotatable bonds is 11. The minimum absolute atomic E-state index is 0.118. The summed E-state index contributed by atoms with van der Waals surface area (Å²) in [5.41, 5.74) is 2.47. The Hall–Kier alpha value is -2.97. The molecule has 3 rings (SSSR count). The van der Waals surface area contributed by atoms with Gasteiger partial charge in [0.15, 0.2) is 0 Å². The van der Waals surface area contributed by atoms with Crippen LogP contribution in [0.4, 0.5) is 5.69 Å². The quantitative estimate of drug-likeness (QED) is 0.303. The molecule has 0 saturated heterocycles. The fourth-order valence-corrected chi connectivity index (χ4v) is 5.46. The molecule has 0 bridgehead atoms. The summed E-state index contributed by atoms with van der Waals surface area (Å²) in [5.74, 6) is 0.699. The number of thioether (sulfide) groups is 1. The molecule has 34 heavy (non-hydrogen) atoms. The van der Waals surface area contributed by atoms with Crippen LogP contribution in [-0.4, -0.2) is 39.8 Å². The maximum atomic E-state index is 13.6. The van der Waals surface area contributed by atoms with Gasteiger partial charge in [-0.3, -0.25) is 9.10 Å². The number of nitrogens with zero attached hydrogens (tertiary/aromatic N) is 1. The van der Waals surface area contributed by atoms with Gasteiger partial charge in [0, 0.05) is 17.2 Å². The van der Waals surface area contributed by atoms with Gasteiger partial charge in [-0.25, -0.2) is 8.42 Å². The van der Waals surface area contributed by atoms with E-state index < -0.39 is 10.0 Å². The van der Waals surface area contributed by atoms with E-state index >= 15 is 0 Å². The van der Waals surface area contributed by atoms with Crippen molar-refractivity contribution in [3.63, 3.8) is 0 Å². The van der Waals surface area contributed by atoms with E-state index in [9.17, 15) is 13.2 Å². The lowest BCUT2D eigenvalue weighted by atomic mass is 10.2. The van der Waals surface area contributed by atoms with Crippen molar-refractivity contribution >= 4 is 33.4 Å². The molecule has 0 radical (unpaired) electrons. The van der Waals surface area contributed by atoms with Crippen LogP contribution in [0.25, 0.3) is 0 Å². The molecule has 0 aromatic heterocycles. The van der Waals surface area contributed by atoms with E-state index in [-0.39, 0.29) is 17.3 Å². The highest BCUT2D eigenvalue weighted by Gasteiger charge is 2.29. The van der Waals surface area contributed by atoms with Crippen molar-refractivity contribution in [3.8, 4) is 5.75 Å². The summed E-state index contributed by atoms with van der Waals surface area (Å²) < 4.78 is 33.9. The molecule has 0 spiro atoms. The predicted molar refractivity (Wildman–Crippen MR) is 138 cm³/mol. The average Bonchev–Trinajstić information content (AvgIpc) is 2.82. The van der Waals surface area contributed by atoms with E-state index in [1.165, 1.54) is 5.56 Å². The Kier molecular flexibility index (Phi) is 9.01. The molecule has 0 unspecified atom stereocenters. The summed E-state index contributed by atoms with van der Waals surface area (Å²) in [7, 11) is -4.00. The zero-order chi connectivity index (χ0) is 24.6. The average molecular weight is 499 g/mol. The van der Waals surface area contributed by atoms with Gasteiger partial charge in [0.1, 0.15) is 12.3 Å². The molecule has 0 aliphatic heterocycles. The number of anilines is 1. The van der Waals surface area contributed by atoms with Crippen molar-refractivity contribution in [2.75, 3.05) is 29.8 Å². The van der Waals surface area contributed by atoms with Crippen LogP contribution in [0.3, 0.4) is 0 Å². The Morgan fingerprint density at radius 1 is 0.941 bits per heavy atom. The molecule has 3 aromatic carbocycles. The molecule has 0 atom stereocenters. The van der Waals surface area contributed by atoms with Crippen LogP contribution in [0.15, 0.2) is 82.6 Å². The smallest absolute Gasteiger partial charge is 0.264 e. The molecule has 8 heteroatoms. The van der Waals surface area contributed by atoms with Crippen molar-refractivity contribution in [1.29, 1.82) is 0 Å². The van der Waals surface area contributed by atoms with E-state index in [1.54, 1.807) is 60.3 Å². The Morgan fingerprint density at radius 2 is 1.56 bits per heavy atom. The van der Waals surface area contributed by atoms with Crippen molar-refractivity contribution < 1.29 is 17.9 Å². The largest absolute Gasteiger partial charge is 0.492 e. The first-order valence-electron chi connectivity index (χ1n) is 11.1. The summed E-state index contributed by atoms with van der Waals surface area (Å²) in [6.07, 6.45) is 0. The van der Waals surface area contributed by atoms with Crippen LogP contribution < -0.4 is 14.4 Å². The minimum atomic E-state index is -4.00. The zero-order valence-electron chi connectivity index (χ0n) is 19.7. The Labute approximate surface area is 206 Å². The van der Waals surface area contributed by atoms with Gasteiger partial charge in [0.2, 0.25) is 5.91 Å². The van der Waals surface area contributed by atoms with E-state index in [1.807, 2.05) is 45.0 Å². The van der Waals surface area contributed by atoms with Gasteiger partial charge < -0.3 is 10.1 Å². The number of carbonyl (C=O) groups excluding carboxylic acids is 1. The van der Waals surface area contributed by atoms with Crippen molar-refractivity contribution in [2.45, 2.75) is 30.6 Å². The number of hydrogen-bond acceptors (Lipinski definition) is 5. The Balaban J connectivity index is 1.76. The van der Waals surface area contributed by atoms with Crippen LogP contribution >= 0.6 is 11.8 Å². The second-order valence-corrected chi connectivity index (χ2v) is 10.8. The summed E-state index contributed by atoms with van der Waals surface area (Å²) in [6, 6.07) is 21.6. The van der Waals surface area contributed by atoms with E-state index in [4.69, 9.17) is 4.74 Å². The Bertz CT molecular complexity index is 1190. The number of para-hydroxylation sites is 2. The van der Waals surface area contributed by atoms with Crippen LogP contribution in [-0.2, 0) is 14.8 Å². The first-order chi connectivity index (χ1) is 16.3. The van der Waals surface area contributed by atoms with E-state index in [0.29, 0.717) is 30.3 Å². The molecule has 1 amide bonds. The zero-order valence-corrected chi connectivity index (χ0v) is 21.3. The van der Waals surface area contributed by atoms with E-state index in [0.717, 1.165) is 14.8 Å². The molecule has 0 aliphatic rings. The maximum absolute atomic E-state index is 13.6. The first-order valence-corrected chi connectivity index (χ1v) is 13.5. The highest BCUT2D eigenvalue weighted by Crippen LogP contribution is 2.32. The minimum Gasteiger partial charge on any atom is -0.492 e. The van der Waals surface area contributed by atoms with Crippen molar-refractivity contribution in [2.24, 2.45) is 0 Å². The number of amides is 1. The summed E-state index contributed by atoms with van der Waals surface area (Å²) in [6.45, 7) is 6.19. The van der Waals surface area contributed by atoms with Gasteiger partial charge in [-0.2, -0.15) is 0 Å². The highest BCUT2D eigenvalue weighted by atomic mass is 32.2. The van der Waals surface area contributed by atoms with Gasteiger partial charge in [-0.1, -0.05) is 47.5 Å². The monoisotopic (exact) mass is 498 g/mol. The second kappa shape index (κ2) is 11.9. The molecule has 0 aliphatic carbocycles. The van der Waals surface area contributed by atoms with Crippen LogP contribution in [0, 0.1) is 13.8 Å². The molecule has 0 saturated carbocycles. The van der Waals surface area contributed by atoms with Gasteiger partial charge in [-0.05, 0) is 57.2 Å².